The van der Waals surface area contributed by atoms with Crippen molar-refractivity contribution in [2.45, 2.75) is 30.9 Å². The van der Waals surface area contributed by atoms with E-state index in [4.69, 9.17) is 5.73 Å². The van der Waals surface area contributed by atoms with Gasteiger partial charge in [0.25, 0.3) is 0 Å². The Balaban J connectivity index is 1.84. The van der Waals surface area contributed by atoms with E-state index < -0.39 is 5.60 Å². The molecule has 0 radical (unpaired) electrons. The molecule has 25 heavy (non-hydrogen) atoms. The minimum Gasteiger partial charge on any atom is -0.388 e. The topological polar surface area (TPSA) is 46.2 Å². The number of hydrogen-bond acceptors (Lipinski definition) is 2. The van der Waals surface area contributed by atoms with Gasteiger partial charge < -0.3 is 10.8 Å². The molecule has 0 fully saturated rings. The standard InChI is InChI=1S/C23H25NO/c24-22(16-19-10-4-1-5-11-19)23(25,17-20-12-6-2-7-13-20)18-21-14-8-3-9-15-21/h1-15,22,25H,16-18,24H2. The molecule has 1 atom stereocenters. The summed E-state index contributed by atoms with van der Waals surface area (Å²) in [7, 11) is 0. The van der Waals surface area contributed by atoms with E-state index in [1.54, 1.807) is 0 Å². The SMILES string of the molecule is NC(Cc1ccccc1)C(O)(Cc1ccccc1)Cc1ccccc1. The Morgan fingerprint density at radius 3 is 1.40 bits per heavy atom. The Morgan fingerprint density at radius 2 is 1.00 bits per heavy atom. The molecule has 1 unspecified atom stereocenters. The first-order valence-electron chi connectivity index (χ1n) is 8.75. The fourth-order valence-electron chi connectivity index (χ4n) is 3.28. The second-order valence-corrected chi connectivity index (χ2v) is 6.72. The van der Waals surface area contributed by atoms with Gasteiger partial charge in [-0.2, -0.15) is 0 Å². The molecule has 0 aliphatic heterocycles. The Kier molecular flexibility index (Phi) is 5.64. The predicted molar refractivity (Wildman–Crippen MR) is 103 cm³/mol. The van der Waals surface area contributed by atoms with E-state index in [2.05, 4.69) is 12.1 Å². The smallest absolute Gasteiger partial charge is 0.0881 e. The van der Waals surface area contributed by atoms with Gasteiger partial charge in [-0.05, 0) is 23.1 Å². The maximum absolute atomic E-state index is 11.5. The lowest BCUT2D eigenvalue weighted by Crippen LogP contribution is -2.52. The van der Waals surface area contributed by atoms with Crippen molar-refractivity contribution in [3.05, 3.63) is 108 Å². The second kappa shape index (κ2) is 8.11. The van der Waals surface area contributed by atoms with Crippen LogP contribution in [0.25, 0.3) is 0 Å². The first-order chi connectivity index (χ1) is 12.2. The Morgan fingerprint density at radius 1 is 0.640 bits per heavy atom. The summed E-state index contributed by atoms with van der Waals surface area (Å²) in [5.74, 6) is 0. The molecule has 2 nitrogen and oxygen atoms in total. The molecule has 0 amide bonds. The van der Waals surface area contributed by atoms with Crippen LogP contribution in [-0.4, -0.2) is 16.7 Å². The van der Waals surface area contributed by atoms with Crippen LogP contribution < -0.4 is 5.73 Å². The first-order valence-corrected chi connectivity index (χ1v) is 8.75. The normalized spacial score (nSPS) is 12.7. The molecule has 0 aliphatic rings. The van der Waals surface area contributed by atoms with E-state index in [9.17, 15) is 5.11 Å². The number of benzene rings is 3. The minimum absolute atomic E-state index is 0.352. The molecular weight excluding hydrogens is 306 g/mol. The molecular formula is C23H25NO. The predicted octanol–water partition coefficient (Wildman–Crippen LogP) is 3.77. The highest BCUT2D eigenvalue weighted by Crippen LogP contribution is 2.24. The van der Waals surface area contributed by atoms with E-state index in [-0.39, 0.29) is 6.04 Å². The van der Waals surface area contributed by atoms with Gasteiger partial charge in [0.05, 0.1) is 5.60 Å². The van der Waals surface area contributed by atoms with Gasteiger partial charge in [0.1, 0.15) is 0 Å². The molecule has 128 valence electrons. The second-order valence-electron chi connectivity index (χ2n) is 6.72. The largest absolute Gasteiger partial charge is 0.388 e. The van der Waals surface area contributed by atoms with Gasteiger partial charge in [-0.3, -0.25) is 0 Å². The van der Waals surface area contributed by atoms with Crippen LogP contribution in [0.3, 0.4) is 0 Å². The van der Waals surface area contributed by atoms with Gasteiger partial charge in [-0.1, -0.05) is 91.0 Å². The molecule has 3 aromatic rings. The van der Waals surface area contributed by atoms with E-state index in [1.165, 1.54) is 0 Å². The molecule has 0 heterocycles. The van der Waals surface area contributed by atoms with Crippen molar-refractivity contribution in [3.63, 3.8) is 0 Å². The van der Waals surface area contributed by atoms with E-state index in [1.807, 2.05) is 78.9 Å². The third kappa shape index (κ3) is 4.79. The number of hydrogen-bond donors (Lipinski definition) is 2. The van der Waals surface area contributed by atoms with Crippen molar-refractivity contribution in [2.24, 2.45) is 5.73 Å². The van der Waals surface area contributed by atoms with Crippen LogP contribution in [0.1, 0.15) is 16.7 Å². The molecule has 0 bridgehead atoms. The van der Waals surface area contributed by atoms with Gasteiger partial charge in [-0.25, -0.2) is 0 Å². The van der Waals surface area contributed by atoms with E-state index >= 15 is 0 Å². The van der Waals surface area contributed by atoms with Gasteiger partial charge in [0, 0.05) is 18.9 Å². The van der Waals surface area contributed by atoms with Gasteiger partial charge in [-0.15, -0.1) is 0 Å². The summed E-state index contributed by atoms with van der Waals surface area (Å²) in [4.78, 5) is 0. The third-order valence-corrected chi connectivity index (χ3v) is 4.69. The minimum atomic E-state index is -1.00. The summed E-state index contributed by atoms with van der Waals surface area (Å²) in [6.45, 7) is 0. The van der Waals surface area contributed by atoms with Gasteiger partial charge in [0.2, 0.25) is 0 Å². The molecule has 0 saturated carbocycles. The van der Waals surface area contributed by atoms with E-state index in [0.717, 1.165) is 16.7 Å². The molecule has 0 saturated heterocycles. The summed E-state index contributed by atoms with van der Waals surface area (Å²) in [6, 6.07) is 30.0. The van der Waals surface area contributed by atoms with Crippen molar-refractivity contribution in [1.82, 2.24) is 0 Å². The van der Waals surface area contributed by atoms with Crippen LogP contribution in [0.15, 0.2) is 91.0 Å². The zero-order chi connectivity index (χ0) is 17.5. The number of aliphatic hydroxyl groups is 1. The van der Waals surface area contributed by atoms with Crippen LogP contribution in [-0.2, 0) is 19.3 Å². The molecule has 3 N–H and O–H groups in total. The average Bonchev–Trinajstić information content (AvgIpc) is 2.64. The lowest BCUT2D eigenvalue weighted by atomic mass is 9.80. The summed E-state index contributed by atoms with van der Waals surface area (Å²) < 4.78 is 0. The zero-order valence-electron chi connectivity index (χ0n) is 14.4. The number of rotatable bonds is 7. The Hall–Kier alpha value is -2.42. The summed E-state index contributed by atoms with van der Waals surface area (Å²) in [5, 5.41) is 11.5. The maximum atomic E-state index is 11.5. The fraction of sp³-hybridized carbons (Fsp3) is 0.217. The van der Waals surface area contributed by atoms with Crippen molar-refractivity contribution < 1.29 is 5.11 Å². The molecule has 2 heteroatoms. The average molecular weight is 331 g/mol. The van der Waals surface area contributed by atoms with Crippen molar-refractivity contribution >= 4 is 0 Å². The number of nitrogens with two attached hydrogens (primary N) is 1. The summed E-state index contributed by atoms with van der Waals surface area (Å²) >= 11 is 0. The van der Waals surface area contributed by atoms with Crippen LogP contribution >= 0.6 is 0 Å². The van der Waals surface area contributed by atoms with Crippen LogP contribution in [0, 0.1) is 0 Å². The Bertz CT molecular complexity index is 714. The van der Waals surface area contributed by atoms with Crippen molar-refractivity contribution in [1.29, 1.82) is 0 Å². The molecule has 0 aromatic heterocycles. The highest BCUT2D eigenvalue weighted by Gasteiger charge is 2.34. The maximum Gasteiger partial charge on any atom is 0.0881 e. The monoisotopic (exact) mass is 331 g/mol. The van der Waals surface area contributed by atoms with Crippen LogP contribution in [0.4, 0.5) is 0 Å². The molecule has 3 aromatic carbocycles. The van der Waals surface area contributed by atoms with Crippen molar-refractivity contribution in [2.75, 3.05) is 0 Å². The highest BCUT2D eigenvalue weighted by molar-refractivity contribution is 5.24. The molecule has 0 aliphatic carbocycles. The van der Waals surface area contributed by atoms with Gasteiger partial charge in [0.15, 0.2) is 0 Å². The third-order valence-electron chi connectivity index (χ3n) is 4.69. The lowest BCUT2D eigenvalue weighted by Gasteiger charge is -2.35. The summed E-state index contributed by atoms with van der Waals surface area (Å²) in [6.07, 6.45) is 1.73. The fourth-order valence-corrected chi connectivity index (χ4v) is 3.28. The summed E-state index contributed by atoms with van der Waals surface area (Å²) in [5.41, 5.74) is 8.88. The molecule has 0 spiro atoms. The quantitative estimate of drug-likeness (QED) is 0.692. The lowest BCUT2D eigenvalue weighted by molar-refractivity contribution is 0.0144. The highest BCUT2D eigenvalue weighted by atomic mass is 16.3. The van der Waals surface area contributed by atoms with E-state index in [0.29, 0.717) is 19.3 Å². The zero-order valence-corrected chi connectivity index (χ0v) is 14.4. The first kappa shape index (κ1) is 17.4. The Labute approximate surface area is 150 Å². The van der Waals surface area contributed by atoms with Gasteiger partial charge >= 0.3 is 0 Å². The van der Waals surface area contributed by atoms with Crippen LogP contribution in [0.2, 0.25) is 0 Å². The van der Waals surface area contributed by atoms with Crippen molar-refractivity contribution in [3.8, 4) is 0 Å². The molecule has 3 rings (SSSR count). The van der Waals surface area contributed by atoms with Crippen LogP contribution in [0.5, 0.6) is 0 Å².